The van der Waals surface area contributed by atoms with Crippen LogP contribution in [0.25, 0.3) is 0 Å². The maximum atomic E-state index is 5.56. The van der Waals surface area contributed by atoms with Crippen molar-refractivity contribution in [3.05, 3.63) is 60.7 Å². The van der Waals surface area contributed by atoms with Crippen molar-refractivity contribution in [2.24, 2.45) is 17.8 Å². The van der Waals surface area contributed by atoms with E-state index < -0.39 is 0 Å². The molecule has 5 unspecified atom stereocenters. The smallest absolute Gasteiger partial charge is 0.119 e. The van der Waals surface area contributed by atoms with Gasteiger partial charge in [0.2, 0.25) is 0 Å². The highest BCUT2D eigenvalue weighted by Gasteiger charge is 2.00. The van der Waals surface area contributed by atoms with Gasteiger partial charge in [-0.25, -0.2) is 0 Å². The van der Waals surface area contributed by atoms with Gasteiger partial charge in [-0.2, -0.15) is 0 Å². The normalized spacial score (nSPS) is 12.7. The number of para-hydroxylation sites is 2. The first-order valence-electron chi connectivity index (χ1n) is 24.2. The standard InChI is InChI=1S/C12H18O2.C10H14O.C9H20O.C8H18O.C5H12O.2C5H12/c1-3-11(2)13-9-10-14-12-7-5-4-6-8-12;1-3-9(2)11-10-7-5-4-6-8-10;1-4-6-7-8-10-9(3)5-2;1-5-8(4)9-6-7(2)3;1-4-5(2)6-3;2*1-4-5(2)3/h4-8,11H,3,9-10H2,1-2H3;4-9H,3H2,1-2H3;9H,4-8H2,1-3H3;7-8H,5-6H2,1-4H3;5H,4H2,1-3H3;2*5H,4H2,1-3H3. The van der Waals surface area contributed by atoms with E-state index in [-0.39, 0.29) is 0 Å². The van der Waals surface area contributed by atoms with Crippen LogP contribution in [0.5, 0.6) is 11.5 Å². The lowest BCUT2D eigenvalue weighted by Gasteiger charge is -2.11. The maximum Gasteiger partial charge on any atom is 0.119 e. The molecule has 0 fully saturated rings. The minimum atomic E-state index is 0.317. The van der Waals surface area contributed by atoms with E-state index in [0.29, 0.717) is 49.7 Å². The molecule has 0 aliphatic heterocycles. The zero-order valence-corrected chi connectivity index (χ0v) is 43.7. The molecule has 0 aliphatic carbocycles. The fourth-order valence-electron chi connectivity index (χ4n) is 3.25. The van der Waals surface area contributed by atoms with E-state index in [0.717, 1.165) is 68.7 Å². The van der Waals surface area contributed by atoms with Crippen LogP contribution in [0.15, 0.2) is 60.7 Å². The largest absolute Gasteiger partial charge is 0.491 e. The first-order valence-corrected chi connectivity index (χ1v) is 24.2. The van der Waals surface area contributed by atoms with Crippen LogP contribution in [-0.4, -0.2) is 64.1 Å². The van der Waals surface area contributed by atoms with Crippen molar-refractivity contribution in [3.63, 3.8) is 0 Å². The summed E-state index contributed by atoms with van der Waals surface area (Å²) in [5.41, 5.74) is 0. The second-order valence-corrected chi connectivity index (χ2v) is 16.7. The fourth-order valence-corrected chi connectivity index (χ4v) is 3.25. The number of rotatable bonds is 23. The molecule has 0 saturated carbocycles. The van der Waals surface area contributed by atoms with Crippen molar-refractivity contribution >= 4 is 0 Å². The summed E-state index contributed by atoms with van der Waals surface area (Å²) in [6, 6.07) is 19.7. The van der Waals surface area contributed by atoms with Gasteiger partial charge in [-0.1, -0.05) is 159 Å². The minimum Gasteiger partial charge on any atom is -0.491 e. The molecule has 0 radical (unpaired) electrons. The Morgan fingerprint density at radius 3 is 1.10 bits per heavy atom. The second kappa shape index (κ2) is 53.0. The Bertz CT molecular complexity index is 988. The Morgan fingerprint density at radius 1 is 0.383 bits per heavy atom. The van der Waals surface area contributed by atoms with E-state index in [2.05, 4.69) is 132 Å². The van der Waals surface area contributed by atoms with Gasteiger partial charge in [0.1, 0.15) is 18.1 Å². The third-order valence-corrected chi connectivity index (χ3v) is 9.35. The highest BCUT2D eigenvalue weighted by atomic mass is 16.5. The quantitative estimate of drug-likeness (QED) is 0.104. The molecule has 358 valence electrons. The van der Waals surface area contributed by atoms with Gasteiger partial charge < -0.3 is 28.4 Å². The van der Waals surface area contributed by atoms with Crippen LogP contribution in [0.1, 0.15) is 196 Å². The summed E-state index contributed by atoms with van der Waals surface area (Å²) in [7, 11) is 1.73. The number of benzene rings is 2. The molecule has 0 heterocycles. The van der Waals surface area contributed by atoms with E-state index in [1.54, 1.807) is 7.11 Å². The van der Waals surface area contributed by atoms with E-state index in [4.69, 9.17) is 28.4 Å². The molecule has 2 aromatic carbocycles. The molecular weight excluding hydrogens is 745 g/mol. The number of unbranched alkanes of at least 4 members (excludes halogenated alkanes) is 2. The van der Waals surface area contributed by atoms with Crippen molar-refractivity contribution in [1.82, 2.24) is 0 Å². The third-order valence-electron chi connectivity index (χ3n) is 9.35. The molecule has 0 N–H and O–H groups in total. The van der Waals surface area contributed by atoms with Crippen LogP contribution in [0.3, 0.4) is 0 Å². The third kappa shape index (κ3) is 62.5. The van der Waals surface area contributed by atoms with E-state index in [1.165, 1.54) is 32.1 Å². The number of hydrogen-bond acceptors (Lipinski definition) is 6. The lowest BCUT2D eigenvalue weighted by Crippen LogP contribution is -2.13. The zero-order chi connectivity index (χ0) is 47.0. The van der Waals surface area contributed by atoms with Gasteiger partial charge in [-0.15, -0.1) is 0 Å². The zero-order valence-electron chi connectivity index (χ0n) is 43.7. The molecule has 2 aromatic rings. The maximum absolute atomic E-state index is 5.56. The SMILES string of the molecule is CCC(C)C.CCC(C)C.CCC(C)OC.CCC(C)OCC(C)C.CCC(C)OCCOc1ccccc1.CCC(C)Oc1ccccc1.CCCCCOC(C)CC. The van der Waals surface area contributed by atoms with Gasteiger partial charge in [-0.3, -0.25) is 0 Å². The molecule has 0 aromatic heterocycles. The Morgan fingerprint density at radius 2 is 0.767 bits per heavy atom. The van der Waals surface area contributed by atoms with E-state index in [1.807, 2.05) is 60.7 Å². The summed E-state index contributed by atoms with van der Waals surface area (Å²) in [6.45, 7) is 44.0. The first kappa shape index (κ1) is 67.0. The van der Waals surface area contributed by atoms with Crippen LogP contribution in [0, 0.1) is 17.8 Å². The van der Waals surface area contributed by atoms with Crippen molar-refractivity contribution < 1.29 is 28.4 Å². The van der Waals surface area contributed by atoms with Gasteiger partial charge in [0.25, 0.3) is 0 Å². The van der Waals surface area contributed by atoms with Gasteiger partial charge in [0, 0.05) is 20.3 Å². The molecule has 0 bridgehead atoms. The highest BCUT2D eigenvalue weighted by Crippen LogP contribution is 2.12. The summed E-state index contributed by atoms with van der Waals surface area (Å²) in [5.74, 6) is 4.30. The Hall–Kier alpha value is -2.12. The summed E-state index contributed by atoms with van der Waals surface area (Å²) < 4.78 is 32.4. The Kier molecular flexibility index (Phi) is 59.2. The highest BCUT2D eigenvalue weighted by molar-refractivity contribution is 5.21. The molecule has 6 nitrogen and oxygen atoms in total. The lowest BCUT2D eigenvalue weighted by atomic mass is 10.2. The van der Waals surface area contributed by atoms with Crippen molar-refractivity contribution in [3.8, 4) is 11.5 Å². The van der Waals surface area contributed by atoms with Gasteiger partial charge in [0.15, 0.2) is 0 Å². The summed E-state index contributed by atoms with van der Waals surface area (Å²) in [6.07, 6.45) is 13.8. The van der Waals surface area contributed by atoms with Crippen LogP contribution in [0.2, 0.25) is 0 Å². The van der Waals surface area contributed by atoms with Crippen LogP contribution >= 0.6 is 0 Å². The molecule has 2 rings (SSSR count). The Balaban J connectivity index is -0.000000202. The summed E-state index contributed by atoms with van der Waals surface area (Å²) >= 11 is 0. The fraction of sp³-hybridized carbons (Fsp3) is 0.778. The number of hydrogen-bond donors (Lipinski definition) is 0. The van der Waals surface area contributed by atoms with E-state index >= 15 is 0 Å². The van der Waals surface area contributed by atoms with E-state index in [9.17, 15) is 0 Å². The monoisotopic (exact) mass is 851 g/mol. The van der Waals surface area contributed by atoms with Gasteiger partial charge >= 0.3 is 0 Å². The Labute approximate surface area is 377 Å². The molecule has 6 heteroatoms. The number of methoxy groups -OCH3 is 1. The molecule has 0 aliphatic rings. The van der Waals surface area contributed by atoms with Gasteiger partial charge in [-0.05, 0) is 115 Å². The van der Waals surface area contributed by atoms with Crippen molar-refractivity contribution in [1.29, 1.82) is 0 Å². The predicted molar refractivity (Wildman–Crippen MR) is 267 cm³/mol. The lowest BCUT2D eigenvalue weighted by molar-refractivity contribution is 0.0427. The van der Waals surface area contributed by atoms with Gasteiger partial charge in [0.05, 0.1) is 37.1 Å². The van der Waals surface area contributed by atoms with Crippen LogP contribution in [0.4, 0.5) is 0 Å². The molecule has 0 saturated heterocycles. The molecule has 5 atom stereocenters. The topological polar surface area (TPSA) is 55.4 Å². The van der Waals surface area contributed by atoms with Crippen LogP contribution < -0.4 is 9.47 Å². The van der Waals surface area contributed by atoms with Crippen molar-refractivity contribution in [2.75, 3.05) is 33.5 Å². The second-order valence-electron chi connectivity index (χ2n) is 16.7. The minimum absolute atomic E-state index is 0.317. The molecular formula is C54H106O6. The van der Waals surface area contributed by atoms with Crippen molar-refractivity contribution in [2.45, 2.75) is 226 Å². The average molecular weight is 851 g/mol. The predicted octanol–water partition coefficient (Wildman–Crippen LogP) is 16.7. The average Bonchev–Trinajstić information content (AvgIpc) is 3.27. The summed E-state index contributed by atoms with van der Waals surface area (Å²) in [4.78, 5) is 0. The molecule has 0 amide bonds. The first-order chi connectivity index (χ1) is 28.5. The van der Waals surface area contributed by atoms with Crippen LogP contribution in [-0.2, 0) is 18.9 Å². The summed E-state index contributed by atoms with van der Waals surface area (Å²) in [5, 5.41) is 0. The molecule has 60 heavy (non-hydrogen) atoms. The number of ether oxygens (including phenoxy) is 6. The molecule has 0 spiro atoms.